The maximum absolute atomic E-state index is 12.5. The lowest BCUT2D eigenvalue weighted by Crippen LogP contribution is -2.29. The van der Waals surface area contributed by atoms with Gasteiger partial charge in [0, 0.05) is 11.9 Å². The van der Waals surface area contributed by atoms with Crippen LogP contribution in [-0.4, -0.2) is 24.5 Å². The number of hydrogen-bond acceptors (Lipinski definition) is 4. The van der Waals surface area contributed by atoms with Crippen molar-refractivity contribution < 1.29 is 13.9 Å². The van der Waals surface area contributed by atoms with Gasteiger partial charge in [-0.15, -0.1) is 0 Å². The molecule has 0 radical (unpaired) electrons. The number of fused-ring (bicyclic) bond motifs is 2. The van der Waals surface area contributed by atoms with Crippen LogP contribution >= 0.6 is 11.6 Å². The summed E-state index contributed by atoms with van der Waals surface area (Å²) in [6.07, 6.45) is 2.25. The number of carbonyl (C=O) groups excluding carboxylic acids is 1. The first-order chi connectivity index (χ1) is 11.2. The van der Waals surface area contributed by atoms with Crippen molar-refractivity contribution >= 4 is 34.2 Å². The summed E-state index contributed by atoms with van der Waals surface area (Å²) >= 11 is 6.17. The summed E-state index contributed by atoms with van der Waals surface area (Å²) in [5.74, 6) is 1.41. The van der Waals surface area contributed by atoms with Crippen LogP contribution in [-0.2, 0) is 6.42 Å². The molecule has 116 valence electrons. The van der Waals surface area contributed by atoms with Crippen LogP contribution in [0.1, 0.15) is 16.1 Å². The average molecular weight is 329 g/mol. The van der Waals surface area contributed by atoms with Crippen molar-refractivity contribution in [1.82, 2.24) is 4.98 Å². The lowest BCUT2D eigenvalue weighted by molar-refractivity contribution is 0.0962. The molecule has 2 aromatic heterocycles. The number of methoxy groups -OCH3 is 1. The number of aromatic nitrogens is 1. The fourth-order valence-corrected chi connectivity index (χ4v) is 3.09. The molecular formula is C17H13ClN2O3. The minimum atomic E-state index is -0.180. The van der Waals surface area contributed by atoms with E-state index in [4.69, 9.17) is 20.8 Å². The Morgan fingerprint density at radius 3 is 3.00 bits per heavy atom. The lowest BCUT2D eigenvalue weighted by Gasteiger charge is -2.15. The summed E-state index contributed by atoms with van der Waals surface area (Å²) in [5, 5.41) is 1.44. The SMILES string of the molecule is COc1cc2cc3c(nc2cc1Cl)N(C(=O)c1ccco1)CC3. The molecule has 0 N–H and O–H groups in total. The highest BCUT2D eigenvalue weighted by molar-refractivity contribution is 6.32. The van der Waals surface area contributed by atoms with E-state index in [1.807, 2.05) is 12.1 Å². The Balaban J connectivity index is 1.81. The normalized spacial score (nSPS) is 13.4. The zero-order chi connectivity index (χ0) is 16.0. The summed E-state index contributed by atoms with van der Waals surface area (Å²) in [7, 11) is 1.58. The lowest BCUT2D eigenvalue weighted by atomic mass is 10.1. The first kappa shape index (κ1) is 14.1. The first-order valence-corrected chi connectivity index (χ1v) is 7.57. The Kier molecular flexibility index (Phi) is 3.23. The standard InChI is InChI=1S/C17H13ClN2O3/c1-22-15-8-11-7-10-4-5-20(17(21)14-3-2-6-23-14)16(10)19-13(11)9-12(15)18/h2-3,6-9H,4-5H2,1H3. The molecular weight excluding hydrogens is 316 g/mol. The third kappa shape index (κ3) is 2.24. The number of ether oxygens (including phenoxy) is 1. The molecule has 0 aliphatic carbocycles. The molecule has 23 heavy (non-hydrogen) atoms. The monoisotopic (exact) mass is 328 g/mol. The van der Waals surface area contributed by atoms with Crippen molar-refractivity contribution in [3.8, 4) is 5.75 Å². The van der Waals surface area contributed by atoms with Gasteiger partial charge in [-0.25, -0.2) is 4.98 Å². The van der Waals surface area contributed by atoms with Crippen LogP contribution in [0.5, 0.6) is 5.75 Å². The number of halogens is 1. The van der Waals surface area contributed by atoms with E-state index in [0.717, 1.165) is 22.9 Å². The van der Waals surface area contributed by atoms with Crippen LogP contribution in [0.3, 0.4) is 0 Å². The van der Waals surface area contributed by atoms with Gasteiger partial charge in [-0.1, -0.05) is 11.6 Å². The molecule has 3 heterocycles. The fraction of sp³-hybridized carbons (Fsp3) is 0.176. The predicted octanol–water partition coefficient (Wildman–Crippen LogP) is 3.69. The van der Waals surface area contributed by atoms with Crippen LogP contribution < -0.4 is 9.64 Å². The smallest absolute Gasteiger partial charge is 0.295 e. The molecule has 4 rings (SSSR count). The molecule has 1 aliphatic rings. The molecule has 1 aromatic carbocycles. The number of rotatable bonds is 2. The summed E-state index contributed by atoms with van der Waals surface area (Å²) in [4.78, 5) is 18.8. The quantitative estimate of drug-likeness (QED) is 0.720. The number of furan rings is 1. The highest BCUT2D eigenvalue weighted by atomic mass is 35.5. The number of benzene rings is 1. The first-order valence-electron chi connectivity index (χ1n) is 7.20. The van der Waals surface area contributed by atoms with Gasteiger partial charge in [-0.2, -0.15) is 0 Å². The van der Waals surface area contributed by atoms with Gasteiger partial charge < -0.3 is 9.15 Å². The van der Waals surface area contributed by atoms with Crippen LogP contribution in [0, 0.1) is 0 Å². The summed E-state index contributed by atoms with van der Waals surface area (Å²) < 4.78 is 10.4. The predicted molar refractivity (Wildman–Crippen MR) is 87.4 cm³/mol. The van der Waals surface area contributed by atoms with Crippen molar-refractivity contribution in [3.63, 3.8) is 0 Å². The number of nitrogens with zero attached hydrogens (tertiary/aromatic N) is 2. The van der Waals surface area contributed by atoms with Crippen LogP contribution in [0.15, 0.2) is 41.0 Å². The van der Waals surface area contributed by atoms with Crippen LogP contribution in [0.25, 0.3) is 10.9 Å². The van der Waals surface area contributed by atoms with E-state index >= 15 is 0 Å². The molecule has 1 amide bonds. The van der Waals surface area contributed by atoms with Crippen molar-refractivity contribution in [2.75, 3.05) is 18.6 Å². The second-order valence-electron chi connectivity index (χ2n) is 5.33. The molecule has 6 heteroatoms. The van der Waals surface area contributed by atoms with Crippen molar-refractivity contribution in [2.24, 2.45) is 0 Å². The average Bonchev–Trinajstić information content (AvgIpc) is 3.21. The Hall–Kier alpha value is -2.53. The van der Waals surface area contributed by atoms with Gasteiger partial charge in [-0.3, -0.25) is 9.69 Å². The van der Waals surface area contributed by atoms with Gasteiger partial charge >= 0.3 is 0 Å². The van der Waals surface area contributed by atoms with Gasteiger partial charge in [0.2, 0.25) is 0 Å². The minimum absolute atomic E-state index is 0.180. The molecule has 0 bridgehead atoms. The molecule has 0 saturated heterocycles. The van der Waals surface area contributed by atoms with Gasteiger partial charge in [0.1, 0.15) is 11.6 Å². The van der Waals surface area contributed by atoms with Crippen LogP contribution in [0.4, 0.5) is 5.82 Å². The molecule has 5 nitrogen and oxygen atoms in total. The van der Waals surface area contributed by atoms with E-state index in [9.17, 15) is 4.79 Å². The number of pyridine rings is 1. The number of anilines is 1. The second kappa shape index (κ2) is 5.28. The van der Waals surface area contributed by atoms with E-state index in [0.29, 0.717) is 28.9 Å². The number of hydrogen-bond donors (Lipinski definition) is 0. The highest BCUT2D eigenvalue weighted by Crippen LogP contribution is 2.34. The topological polar surface area (TPSA) is 55.6 Å². The third-order valence-electron chi connectivity index (χ3n) is 3.98. The molecule has 0 atom stereocenters. The van der Waals surface area contributed by atoms with Gasteiger partial charge in [0.05, 0.1) is 23.9 Å². The molecule has 0 fully saturated rings. The van der Waals surface area contributed by atoms with E-state index in [1.54, 1.807) is 30.2 Å². The zero-order valence-corrected chi connectivity index (χ0v) is 13.1. The fourth-order valence-electron chi connectivity index (χ4n) is 2.85. The zero-order valence-electron chi connectivity index (χ0n) is 12.4. The van der Waals surface area contributed by atoms with Crippen molar-refractivity contribution in [2.45, 2.75) is 6.42 Å². The maximum atomic E-state index is 12.5. The van der Waals surface area contributed by atoms with Crippen molar-refractivity contribution in [3.05, 3.63) is 52.9 Å². The molecule has 0 saturated carbocycles. The van der Waals surface area contributed by atoms with E-state index < -0.39 is 0 Å². The highest BCUT2D eigenvalue weighted by Gasteiger charge is 2.29. The van der Waals surface area contributed by atoms with E-state index in [1.165, 1.54) is 6.26 Å². The summed E-state index contributed by atoms with van der Waals surface area (Å²) in [5.41, 5.74) is 1.76. The number of carbonyl (C=O) groups is 1. The van der Waals surface area contributed by atoms with Gasteiger partial charge in [0.15, 0.2) is 5.76 Å². The molecule has 3 aromatic rings. The van der Waals surface area contributed by atoms with Crippen LogP contribution in [0.2, 0.25) is 5.02 Å². The summed E-state index contributed by atoms with van der Waals surface area (Å²) in [6, 6.07) is 9.00. The third-order valence-corrected chi connectivity index (χ3v) is 4.28. The van der Waals surface area contributed by atoms with Crippen molar-refractivity contribution in [1.29, 1.82) is 0 Å². The molecule has 0 unspecified atom stereocenters. The Labute approximate surface area is 137 Å². The largest absolute Gasteiger partial charge is 0.495 e. The Morgan fingerprint density at radius 2 is 2.26 bits per heavy atom. The Morgan fingerprint density at radius 1 is 1.39 bits per heavy atom. The summed E-state index contributed by atoms with van der Waals surface area (Å²) in [6.45, 7) is 0.586. The molecule has 1 aliphatic heterocycles. The number of amides is 1. The van der Waals surface area contributed by atoms with E-state index in [-0.39, 0.29) is 5.91 Å². The minimum Gasteiger partial charge on any atom is -0.495 e. The molecule has 0 spiro atoms. The second-order valence-corrected chi connectivity index (χ2v) is 5.74. The van der Waals surface area contributed by atoms with E-state index in [2.05, 4.69) is 4.98 Å². The van der Waals surface area contributed by atoms with Gasteiger partial charge in [-0.05, 0) is 42.3 Å². The Bertz CT molecular complexity index is 906. The van der Waals surface area contributed by atoms with Gasteiger partial charge in [0.25, 0.3) is 5.91 Å². The maximum Gasteiger partial charge on any atom is 0.295 e.